The molecule has 0 bridgehead atoms. The molecule has 4 heterocycles. The summed E-state index contributed by atoms with van der Waals surface area (Å²) >= 11 is 0. The Morgan fingerprint density at radius 3 is 2.06 bits per heavy atom. The molecular weight excluding hydrogens is 783 g/mol. The highest BCUT2D eigenvalue weighted by Crippen LogP contribution is 2.39. The molecule has 7 heteroatoms. The number of hydrogen-bond donors (Lipinski definition) is 0. The Morgan fingerprint density at radius 2 is 1.30 bits per heavy atom. The molecule has 1 unspecified atom stereocenters. The van der Waals surface area contributed by atoms with E-state index in [1.54, 1.807) is 12.4 Å². The summed E-state index contributed by atoms with van der Waals surface area (Å²) < 4.78 is 4.81. The number of pyridine rings is 2. The molecule has 6 aromatic carbocycles. The summed E-state index contributed by atoms with van der Waals surface area (Å²) in [5, 5.41) is 6.19. The first-order valence-electron chi connectivity index (χ1n) is 21.7. The van der Waals surface area contributed by atoms with Crippen LogP contribution in [0.25, 0.3) is 78.5 Å². The molecule has 0 N–H and O–H groups in total. The van der Waals surface area contributed by atoms with Gasteiger partial charge in [-0.15, -0.1) is 0 Å². The number of aliphatic imine (C=N–C) groups is 3. The molecule has 0 aliphatic heterocycles. The number of para-hydroxylation sites is 2. The van der Waals surface area contributed by atoms with Gasteiger partial charge in [0.15, 0.2) is 11.7 Å². The van der Waals surface area contributed by atoms with E-state index in [-0.39, 0.29) is 0 Å². The van der Waals surface area contributed by atoms with Crippen molar-refractivity contribution < 1.29 is 0 Å². The van der Waals surface area contributed by atoms with Gasteiger partial charge < -0.3 is 9.13 Å². The quantitative estimate of drug-likeness (QED) is 0.113. The van der Waals surface area contributed by atoms with Crippen molar-refractivity contribution in [2.24, 2.45) is 20.9 Å². The Morgan fingerprint density at radius 1 is 0.609 bits per heavy atom. The maximum absolute atomic E-state index is 4.98. The Balaban J connectivity index is 1.01. The lowest BCUT2D eigenvalue weighted by Crippen LogP contribution is -2.31. The van der Waals surface area contributed by atoms with Gasteiger partial charge >= 0.3 is 0 Å². The minimum atomic E-state index is 0.357. The van der Waals surface area contributed by atoms with Crippen LogP contribution in [-0.4, -0.2) is 37.5 Å². The van der Waals surface area contributed by atoms with Crippen LogP contribution in [0.3, 0.4) is 0 Å². The first-order valence-corrected chi connectivity index (χ1v) is 21.7. The first-order chi connectivity index (χ1) is 31.6. The van der Waals surface area contributed by atoms with Gasteiger partial charge in [-0.25, -0.2) is 9.98 Å². The van der Waals surface area contributed by atoms with Gasteiger partial charge in [-0.2, -0.15) is 0 Å². The van der Waals surface area contributed by atoms with E-state index in [1.807, 2.05) is 42.5 Å². The van der Waals surface area contributed by atoms with E-state index in [2.05, 4.69) is 183 Å². The third kappa shape index (κ3) is 6.93. The van der Waals surface area contributed by atoms with Crippen molar-refractivity contribution in [1.29, 1.82) is 0 Å². The van der Waals surface area contributed by atoms with Crippen LogP contribution in [0.1, 0.15) is 30.3 Å². The molecule has 0 fully saturated rings. The lowest BCUT2D eigenvalue weighted by atomic mass is 9.96. The van der Waals surface area contributed by atoms with Gasteiger partial charge in [-0.1, -0.05) is 122 Å². The molecule has 11 rings (SSSR count). The number of aromatic nitrogens is 4. The number of hydrogen-bond acceptors (Lipinski definition) is 3. The molecule has 4 aromatic heterocycles. The van der Waals surface area contributed by atoms with Crippen molar-refractivity contribution in [3.8, 4) is 33.6 Å². The standard InChI is InChI=1S/C57H43N7/c1-38-27-32-51-48(35-38)55-46(40-15-12-16-41(36-40)56(58-2)62-57(49-23-9-11-34-60-49)61-37-42-17-8-10-33-59-42)22-14-26-53(55)64(51)44-30-28-39(29-31-44)45-21-13-25-52-54(45)47-20-6-7-24-50(47)63(52)43-18-4-3-5-19-43/h3-26,28-36,38H,2,27,37H2,1H3. The molecule has 0 radical (unpaired) electrons. The number of rotatable bonds is 8. The SMILES string of the molecule is C=NC(=NC(=NCc1ccccn1)c1ccccn1)c1cccc(-c2cccc3c2c2c(n3-c3ccc(-c4cccc5c4c4ccccc4n5-c4ccccc4)cc3)=CCC(C)C=2)c1. The van der Waals surface area contributed by atoms with Gasteiger partial charge in [0.25, 0.3) is 0 Å². The van der Waals surface area contributed by atoms with Crippen molar-refractivity contribution in [2.75, 3.05) is 0 Å². The molecule has 0 saturated carbocycles. The molecule has 0 amide bonds. The van der Waals surface area contributed by atoms with Crippen molar-refractivity contribution in [3.05, 3.63) is 216 Å². The lowest BCUT2D eigenvalue weighted by Gasteiger charge is -2.12. The van der Waals surface area contributed by atoms with Crippen LogP contribution < -0.4 is 10.6 Å². The molecule has 7 nitrogen and oxygen atoms in total. The van der Waals surface area contributed by atoms with E-state index in [1.165, 1.54) is 48.9 Å². The molecule has 306 valence electrons. The summed E-state index contributed by atoms with van der Waals surface area (Å²) in [6, 6.07) is 61.7. The average Bonchev–Trinajstić information content (AvgIpc) is 3.88. The van der Waals surface area contributed by atoms with Crippen molar-refractivity contribution in [1.82, 2.24) is 19.1 Å². The van der Waals surface area contributed by atoms with Gasteiger partial charge in [0.05, 0.1) is 28.8 Å². The predicted octanol–water partition coefficient (Wildman–Crippen LogP) is 11.5. The average molecular weight is 826 g/mol. The Kier molecular flexibility index (Phi) is 9.98. The fraction of sp³-hybridized carbons (Fsp3) is 0.0702. The Hall–Kier alpha value is -8.29. The van der Waals surface area contributed by atoms with Crippen molar-refractivity contribution in [3.63, 3.8) is 0 Å². The van der Waals surface area contributed by atoms with E-state index in [0.717, 1.165) is 45.7 Å². The summed E-state index contributed by atoms with van der Waals surface area (Å²) in [5.41, 5.74) is 12.7. The van der Waals surface area contributed by atoms with Crippen LogP contribution in [-0.2, 0) is 6.54 Å². The van der Waals surface area contributed by atoms with Gasteiger partial charge in [0, 0.05) is 56.1 Å². The Labute approximate surface area is 371 Å². The second-order valence-electron chi connectivity index (χ2n) is 16.2. The van der Waals surface area contributed by atoms with Gasteiger partial charge in [-0.05, 0) is 114 Å². The number of amidine groups is 2. The topological polar surface area (TPSA) is 72.7 Å². The summed E-state index contributed by atoms with van der Waals surface area (Å²) in [4.78, 5) is 23.3. The van der Waals surface area contributed by atoms with Gasteiger partial charge in [0.1, 0.15) is 5.69 Å². The fourth-order valence-electron chi connectivity index (χ4n) is 9.27. The molecule has 0 spiro atoms. The highest BCUT2D eigenvalue weighted by atomic mass is 15.0. The monoisotopic (exact) mass is 825 g/mol. The molecule has 10 aromatic rings. The number of fused-ring (bicyclic) bond motifs is 6. The van der Waals surface area contributed by atoms with E-state index in [0.29, 0.717) is 29.8 Å². The van der Waals surface area contributed by atoms with Crippen LogP contribution in [0.5, 0.6) is 0 Å². The lowest BCUT2D eigenvalue weighted by molar-refractivity contribution is 0.795. The van der Waals surface area contributed by atoms with Crippen molar-refractivity contribution in [2.45, 2.75) is 19.9 Å². The van der Waals surface area contributed by atoms with Gasteiger partial charge in [-0.3, -0.25) is 15.0 Å². The second kappa shape index (κ2) is 16.5. The van der Waals surface area contributed by atoms with Crippen molar-refractivity contribution >= 4 is 63.2 Å². The Bertz CT molecular complexity index is 3560. The molecular formula is C57H43N7. The molecule has 0 saturated heterocycles. The summed E-state index contributed by atoms with van der Waals surface area (Å²) in [7, 11) is 0. The van der Waals surface area contributed by atoms with Crippen LogP contribution in [0.15, 0.2) is 203 Å². The smallest absolute Gasteiger partial charge is 0.176 e. The zero-order valence-corrected chi connectivity index (χ0v) is 35.4. The van der Waals surface area contributed by atoms with Gasteiger partial charge in [0.2, 0.25) is 0 Å². The summed E-state index contributed by atoms with van der Waals surface area (Å²) in [6.45, 7) is 6.59. The minimum Gasteiger partial charge on any atom is -0.310 e. The largest absolute Gasteiger partial charge is 0.310 e. The second-order valence-corrected chi connectivity index (χ2v) is 16.2. The summed E-state index contributed by atoms with van der Waals surface area (Å²) in [6.07, 6.45) is 9.33. The zero-order valence-electron chi connectivity index (χ0n) is 35.4. The first kappa shape index (κ1) is 38.6. The highest BCUT2D eigenvalue weighted by molar-refractivity contribution is 6.16. The van der Waals surface area contributed by atoms with E-state index in [4.69, 9.17) is 9.98 Å². The maximum Gasteiger partial charge on any atom is 0.176 e. The fourth-order valence-corrected chi connectivity index (χ4v) is 9.27. The molecule has 1 atom stereocenters. The predicted molar refractivity (Wildman–Crippen MR) is 265 cm³/mol. The summed E-state index contributed by atoms with van der Waals surface area (Å²) in [5.74, 6) is 1.34. The zero-order chi connectivity index (χ0) is 43.0. The number of nitrogens with zero attached hydrogens (tertiary/aromatic N) is 7. The molecule has 64 heavy (non-hydrogen) atoms. The molecule has 1 aliphatic carbocycles. The van der Waals surface area contributed by atoms with E-state index < -0.39 is 0 Å². The molecule has 1 aliphatic rings. The maximum atomic E-state index is 4.98. The van der Waals surface area contributed by atoms with Crippen LogP contribution in [0.2, 0.25) is 0 Å². The normalized spacial score (nSPS) is 14.0. The van der Waals surface area contributed by atoms with E-state index >= 15 is 0 Å². The van der Waals surface area contributed by atoms with Crippen LogP contribution >= 0.6 is 0 Å². The highest BCUT2D eigenvalue weighted by Gasteiger charge is 2.20. The number of benzene rings is 6. The third-order valence-electron chi connectivity index (χ3n) is 12.2. The third-order valence-corrected chi connectivity index (χ3v) is 12.2. The minimum absolute atomic E-state index is 0.357. The van der Waals surface area contributed by atoms with Crippen LogP contribution in [0.4, 0.5) is 0 Å². The van der Waals surface area contributed by atoms with E-state index in [9.17, 15) is 0 Å². The van der Waals surface area contributed by atoms with Crippen LogP contribution in [0, 0.1) is 5.92 Å².